The number of phenols is 1. The number of nitrogen functional groups attached to an aromatic ring is 2. The van der Waals surface area contributed by atoms with E-state index in [0.717, 1.165) is 0 Å². The Morgan fingerprint density at radius 3 is 1.75 bits per heavy atom. The lowest BCUT2D eigenvalue weighted by molar-refractivity contribution is 0.0696. The summed E-state index contributed by atoms with van der Waals surface area (Å²) in [7, 11) is 0. The quantitative estimate of drug-likeness (QED) is 0.0865. The van der Waals surface area contributed by atoms with E-state index in [9.17, 15) is 24.3 Å². The lowest BCUT2D eigenvalue weighted by Gasteiger charge is -2.14. The Balaban J connectivity index is 1.56. The van der Waals surface area contributed by atoms with Crippen molar-refractivity contribution in [3.05, 3.63) is 89.0 Å². The summed E-state index contributed by atoms with van der Waals surface area (Å²) in [6.45, 7) is 0. The normalized spacial score (nSPS) is 10.3. The summed E-state index contributed by atoms with van der Waals surface area (Å²) in [6.07, 6.45) is 0.431. The molecule has 2 amide bonds. The summed E-state index contributed by atoms with van der Waals surface area (Å²) in [5, 5.41) is 24.1. The van der Waals surface area contributed by atoms with Gasteiger partial charge in [0.25, 0.3) is 11.8 Å². The van der Waals surface area contributed by atoms with E-state index in [4.69, 9.17) is 16.8 Å². The number of benzene rings is 2. The summed E-state index contributed by atoms with van der Waals surface area (Å²) in [4.78, 5) is 56.4. The number of phenolic OH excluding ortho intramolecular Hbond substituents is 1. The minimum Gasteiger partial charge on any atom is -0.507 e. The van der Waals surface area contributed by atoms with E-state index >= 15 is 0 Å². The SMILES string of the molecule is NNc1nc(-c2ccc(NC(=O)c3ccc(O)c(C=O)c3)c(NN)n2)ccc1NC(=O)c1cccc(C(=O)O)c1. The van der Waals surface area contributed by atoms with Crippen molar-refractivity contribution in [3.8, 4) is 17.1 Å². The first-order valence-electron chi connectivity index (χ1n) is 11.4. The van der Waals surface area contributed by atoms with Crippen LogP contribution in [0.1, 0.15) is 41.4 Å². The molecule has 202 valence electrons. The number of hydrogen-bond donors (Lipinski definition) is 8. The number of carboxylic acids is 1. The summed E-state index contributed by atoms with van der Waals surface area (Å²) in [5.74, 6) is 8.87. The molecular weight excluding hydrogens is 520 g/mol. The predicted octanol–water partition coefficient (Wildman–Crippen LogP) is 2.44. The Hall–Kier alpha value is -5.86. The molecule has 14 heteroatoms. The molecule has 0 aliphatic rings. The zero-order chi connectivity index (χ0) is 28.8. The number of anilines is 4. The van der Waals surface area contributed by atoms with Gasteiger partial charge >= 0.3 is 5.97 Å². The van der Waals surface area contributed by atoms with Gasteiger partial charge in [-0.05, 0) is 60.7 Å². The summed E-state index contributed by atoms with van der Waals surface area (Å²) >= 11 is 0. The number of nitrogens with two attached hydrogens (primary N) is 2. The van der Waals surface area contributed by atoms with Crippen LogP contribution >= 0.6 is 0 Å². The lowest BCUT2D eigenvalue weighted by Crippen LogP contribution is -2.18. The highest BCUT2D eigenvalue weighted by Crippen LogP contribution is 2.28. The molecule has 40 heavy (non-hydrogen) atoms. The Labute approximate surface area is 226 Å². The molecule has 10 N–H and O–H groups in total. The first kappa shape index (κ1) is 27.2. The summed E-state index contributed by atoms with van der Waals surface area (Å²) in [6, 6.07) is 15.5. The molecule has 0 aliphatic carbocycles. The van der Waals surface area contributed by atoms with Crippen molar-refractivity contribution >= 4 is 47.1 Å². The molecule has 0 bridgehead atoms. The van der Waals surface area contributed by atoms with Crippen LogP contribution in [0.4, 0.5) is 23.0 Å². The van der Waals surface area contributed by atoms with Crippen LogP contribution in [0.2, 0.25) is 0 Å². The molecule has 14 nitrogen and oxygen atoms in total. The molecule has 4 rings (SSSR count). The Kier molecular flexibility index (Phi) is 7.94. The maximum Gasteiger partial charge on any atom is 0.335 e. The number of pyridine rings is 2. The fourth-order valence-corrected chi connectivity index (χ4v) is 3.60. The minimum atomic E-state index is -1.17. The first-order chi connectivity index (χ1) is 19.2. The predicted molar refractivity (Wildman–Crippen MR) is 146 cm³/mol. The van der Waals surface area contributed by atoms with Crippen LogP contribution in [0.15, 0.2) is 66.7 Å². The van der Waals surface area contributed by atoms with Crippen LogP contribution < -0.4 is 33.2 Å². The van der Waals surface area contributed by atoms with Crippen LogP contribution in [0.5, 0.6) is 5.75 Å². The number of aromatic nitrogens is 2. The fraction of sp³-hybridized carbons (Fsp3) is 0. The smallest absolute Gasteiger partial charge is 0.335 e. The van der Waals surface area contributed by atoms with E-state index in [2.05, 4.69) is 31.5 Å². The van der Waals surface area contributed by atoms with Crippen LogP contribution in [0.25, 0.3) is 11.4 Å². The third-order valence-electron chi connectivity index (χ3n) is 5.61. The highest BCUT2D eigenvalue weighted by atomic mass is 16.4. The zero-order valence-corrected chi connectivity index (χ0v) is 20.5. The lowest BCUT2D eigenvalue weighted by atomic mass is 10.1. The van der Waals surface area contributed by atoms with E-state index in [1.807, 2.05) is 0 Å². The van der Waals surface area contributed by atoms with Gasteiger partial charge in [-0.25, -0.2) is 26.4 Å². The third-order valence-corrected chi connectivity index (χ3v) is 5.61. The van der Waals surface area contributed by atoms with Crippen molar-refractivity contribution in [2.24, 2.45) is 11.7 Å². The van der Waals surface area contributed by atoms with Gasteiger partial charge in [-0.1, -0.05) is 6.07 Å². The monoisotopic (exact) mass is 542 g/mol. The van der Waals surface area contributed by atoms with Gasteiger partial charge in [-0.2, -0.15) is 0 Å². The second-order valence-electron chi connectivity index (χ2n) is 8.16. The molecular formula is C26H22N8O6. The maximum atomic E-state index is 12.7. The van der Waals surface area contributed by atoms with Gasteiger partial charge in [0.15, 0.2) is 17.9 Å². The number of rotatable bonds is 9. The largest absolute Gasteiger partial charge is 0.507 e. The van der Waals surface area contributed by atoms with E-state index < -0.39 is 17.8 Å². The summed E-state index contributed by atoms with van der Waals surface area (Å²) < 4.78 is 0. The number of nitrogens with zero attached hydrogens (tertiary/aromatic N) is 2. The number of aromatic hydroxyl groups is 1. The van der Waals surface area contributed by atoms with Crippen molar-refractivity contribution < 1.29 is 29.4 Å². The molecule has 4 aromatic rings. The second-order valence-corrected chi connectivity index (χ2v) is 8.16. The van der Waals surface area contributed by atoms with Gasteiger partial charge in [0.05, 0.1) is 33.9 Å². The Morgan fingerprint density at radius 1 is 0.725 bits per heavy atom. The number of amides is 2. The standard InChI is InChI=1S/C26H22N8O6/c27-33-22-19(31-24(37)13-2-1-3-15(10-13)26(39)40)7-5-17(29-22)18-6-8-20(23(30-18)34-28)32-25(38)14-4-9-21(36)16(11-14)12-35/h1-12,36H,27-28H2,(H,29,33)(H,30,34)(H,31,37)(H,32,38)(H,39,40). The number of carboxylic acid groups (broad SMARTS) is 1. The first-order valence-corrected chi connectivity index (χ1v) is 11.4. The van der Waals surface area contributed by atoms with Gasteiger partial charge in [0.1, 0.15) is 5.75 Å². The number of hydrogen-bond acceptors (Lipinski definition) is 11. The highest BCUT2D eigenvalue weighted by molar-refractivity contribution is 6.07. The van der Waals surface area contributed by atoms with E-state index in [1.165, 1.54) is 54.6 Å². The van der Waals surface area contributed by atoms with Crippen LogP contribution in [-0.2, 0) is 0 Å². The van der Waals surface area contributed by atoms with E-state index in [1.54, 1.807) is 12.1 Å². The molecule has 0 aliphatic heterocycles. The zero-order valence-electron chi connectivity index (χ0n) is 20.5. The molecule has 0 unspecified atom stereocenters. The van der Waals surface area contributed by atoms with Crippen molar-refractivity contribution in [1.82, 2.24) is 9.97 Å². The molecule has 0 saturated heterocycles. The van der Waals surface area contributed by atoms with Gasteiger partial charge < -0.3 is 31.7 Å². The average molecular weight is 543 g/mol. The minimum absolute atomic E-state index is 0.0397. The van der Waals surface area contributed by atoms with Gasteiger partial charge in [0.2, 0.25) is 0 Å². The average Bonchev–Trinajstić information content (AvgIpc) is 2.97. The molecule has 2 heterocycles. The molecule has 0 spiro atoms. The van der Waals surface area contributed by atoms with Crippen molar-refractivity contribution in [2.45, 2.75) is 0 Å². The number of aromatic carboxylic acids is 1. The van der Waals surface area contributed by atoms with Crippen LogP contribution in [-0.4, -0.2) is 44.3 Å². The molecule has 0 saturated carbocycles. The molecule has 2 aromatic carbocycles. The maximum absolute atomic E-state index is 12.7. The van der Waals surface area contributed by atoms with Gasteiger partial charge in [0, 0.05) is 11.1 Å². The van der Waals surface area contributed by atoms with Gasteiger partial charge in [-0.15, -0.1) is 0 Å². The molecule has 0 atom stereocenters. The van der Waals surface area contributed by atoms with Gasteiger partial charge in [-0.3, -0.25) is 14.4 Å². The highest BCUT2D eigenvalue weighted by Gasteiger charge is 2.16. The molecule has 0 radical (unpaired) electrons. The van der Waals surface area contributed by atoms with Crippen molar-refractivity contribution in [2.75, 3.05) is 21.5 Å². The second kappa shape index (κ2) is 11.7. The van der Waals surface area contributed by atoms with E-state index in [-0.39, 0.29) is 51.0 Å². The number of hydrazine groups is 2. The number of carbonyl (C=O) groups is 4. The van der Waals surface area contributed by atoms with E-state index in [0.29, 0.717) is 17.7 Å². The summed E-state index contributed by atoms with van der Waals surface area (Å²) in [5.41, 5.74) is 6.09. The topological polar surface area (TPSA) is 235 Å². The molecule has 2 aromatic heterocycles. The fourth-order valence-electron chi connectivity index (χ4n) is 3.60. The Morgan fingerprint density at radius 2 is 1.25 bits per heavy atom. The van der Waals surface area contributed by atoms with Crippen molar-refractivity contribution in [1.29, 1.82) is 0 Å². The number of carbonyl (C=O) groups excluding carboxylic acids is 3. The van der Waals surface area contributed by atoms with Crippen LogP contribution in [0.3, 0.4) is 0 Å². The van der Waals surface area contributed by atoms with Crippen molar-refractivity contribution in [3.63, 3.8) is 0 Å². The Bertz CT molecular complexity index is 1640. The molecule has 0 fully saturated rings. The third kappa shape index (κ3) is 5.83. The van der Waals surface area contributed by atoms with Crippen LogP contribution in [0, 0.1) is 0 Å². The number of aldehydes is 1. The number of nitrogens with one attached hydrogen (secondary N) is 4.